The molecule has 2 N–H and O–H groups in total. The van der Waals surface area contributed by atoms with Crippen LogP contribution < -0.4 is 10.5 Å². The molecular formula is C15H9F3N2O3S. The highest BCUT2D eigenvalue weighted by Gasteiger charge is 2.31. The molecule has 0 bridgehead atoms. The molecule has 9 heteroatoms. The van der Waals surface area contributed by atoms with Crippen LogP contribution in [0.3, 0.4) is 0 Å². The molecule has 3 aromatic rings. The molecule has 5 nitrogen and oxygen atoms in total. The van der Waals surface area contributed by atoms with E-state index in [1.165, 1.54) is 41.9 Å². The lowest BCUT2D eigenvalue weighted by Gasteiger charge is -2.08. The number of rotatable bonds is 4. The summed E-state index contributed by atoms with van der Waals surface area (Å²) in [7, 11) is 0. The third kappa shape index (κ3) is 3.40. The van der Waals surface area contributed by atoms with Crippen LogP contribution in [0.1, 0.15) is 10.4 Å². The highest BCUT2D eigenvalue weighted by atomic mass is 32.1. The summed E-state index contributed by atoms with van der Waals surface area (Å²) in [4.78, 5) is 12.7. The summed E-state index contributed by atoms with van der Waals surface area (Å²) >= 11 is 1.30. The van der Waals surface area contributed by atoms with Gasteiger partial charge in [-0.2, -0.15) is 0 Å². The number of primary amides is 1. The number of ether oxygens (including phenoxy) is 1. The van der Waals surface area contributed by atoms with E-state index in [9.17, 15) is 18.0 Å². The van der Waals surface area contributed by atoms with Crippen LogP contribution >= 0.6 is 11.3 Å². The van der Waals surface area contributed by atoms with Crippen molar-refractivity contribution in [1.29, 1.82) is 0 Å². The first-order valence-corrected chi connectivity index (χ1v) is 7.36. The smallest absolute Gasteiger partial charge is 0.406 e. The zero-order valence-electron chi connectivity index (χ0n) is 11.8. The molecule has 124 valence electrons. The number of halogens is 3. The highest BCUT2D eigenvalue weighted by molar-refractivity contribution is 7.18. The normalized spacial score (nSPS) is 11.5. The van der Waals surface area contributed by atoms with Crippen LogP contribution in [0.4, 0.5) is 13.2 Å². The topological polar surface area (TPSA) is 78.4 Å². The molecular weight excluding hydrogens is 345 g/mol. The van der Waals surface area contributed by atoms with Gasteiger partial charge in [-0.1, -0.05) is 5.16 Å². The van der Waals surface area contributed by atoms with Gasteiger partial charge in [0, 0.05) is 4.88 Å². The van der Waals surface area contributed by atoms with Gasteiger partial charge in [0.1, 0.15) is 23.3 Å². The lowest BCUT2D eigenvalue weighted by Crippen LogP contribution is -2.16. The van der Waals surface area contributed by atoms with Gasteiger partial charge in [0.05, 0.1) is 4.88 Å². The minimum Gasteiger partial charge on any atom is -0.406 e. The summed E-state index contributed by atoms with van der Waals surface area (Å²) < 4.78 is 45.1. The maximum Gasteiger partial charge on any atom is 0.573 e. The van der Waals surface area contributed by atoms with E-state index in [0.717, 1.165) is 4.88 Å². The Kier molecular flexibility index (Phi) is 4.02. The van der Waals surface area contributed by atoms with Crippen molar-refractivity contribution >= 4 is 17.2 Å². The molecule has 0 aliphatic carbocycles. The fourth-order valence-electron chi connectivity index (χ4n) is 2.03. The van der Waals surface area contributed by atoms with Crippen molar-refractivity contribution in [1.82, 2.24) is 5.16 Å². The van der Waals surface area contributed by atoms with E-state index >= 15 is 0 Å². The van der Waals surface area contributed by atoms with Gasteiger partial charge in [0.2, 0.25) is 0 Å². The Labute approximate surface area is 137 Å². The summed E-state index contributed by atoms with van der Waals surface area (Å²) in [6.07, 6.45) is -3.56. The number of benzene rings is 1. The summed E-state index contributed by atoms with van der Waals surface area (Å²) in [6.45, 7) is 0. The molecule has 0 radical (unpaired) electrons. The summed E-state index contributed by atoms with van der Waals surface area (Å²) in [5, 5.41) is 3.76. The van der Waals surface area contributed by atoms with Crippen molar-refractivity contribution < 1.29 is 27.2 Å². The lowest BCUT2D eigenvalue weighted by molar-refractivity contribution is -0.274. The van der Waals surface area contributed by atoms with Gasteiger partial charge in [-0.05, 0) is 42.0 Å². The van der Waals surface area contributed by atoms with Gasteiger partial charge in [-0.3, -0.25) is 4.79 Å². The molecule has 0 aliphatic rings. The number of hydrogen-bond acceptors (Lipinski definition) is 5. The molecule has 1 amide bonds. The quantitative estimate of drug-likeness (QED) is 0.766. The Morgan fingerprint density at radius 2 is 1.79 bits per heavy atom. The van der Waals surface area contributed by atoms with Crippen LogP contribution in [0.15, 0.2) is 47.2 Å². The average molecular weight is 354 g/mol. The molecule has 3 rings (SSSR count). The second kappa shape index (κ2) is 6.00. The van der Waals surface area contributed by atoms with E-state index in [4.69, 9.17) is 10.3 Å². The van der Waals surface area contributed by atoms with Crippen LogP contribution in [-0.4, -0.2) is 17.4 Å². The van der Waals surface area contributed by atoms with Gasteiger partial charge < -0.3 is 15.0 Å². The zero-order valence-corrected chi connectivity index (χ0v) is 12.6. The first-order valence-electron chi connectivity index (χ1n) is 6.54. The van der Waals surface area contributed by atoms with E-state index < -0.39 is 12.3 Å². The molecule has 2 heterocycles. The van der Waals surface area contributed by atoms with E-state index in [2.05, 4.69) is 9.89 Å². The number of nitrogens with two attached hydrogens (primary N) is 1. The van der Waals surface area contributed by atoms with Crippen molar-refractivity contribution in [2.45, 2.75) is 6.36 Å². The van der Waals surface area contributed by atoms with Gasteiger partial charge in [0.25, 0.3) is 5.91 Å². The predicted octanol–water partition coefficient (Wildman–Crippen LogP) is 4.07. The molecule has 0 unspecified atom stereocenters. The zero-order chi connectivity index (χ0) is 17.3. The molecule has 0 fully saturated rings. The highest BCUT2D eigenvalue weighted by Crippen LogP contribution is 2.36. The predicted molar refractivity (Wildman–Crippen MR) is 80.5 cm³/mol. The minimum absolute atomic E-state index is 0.164. The maximum absolute atomic E-state index is 12.2. The first kappa shape index (κ1) is 16.1. The van der Waals surface area contributed by atoms with E-state index in [0.29, 0.717) is 16.1 Å². The minimum atomic E-state index is -4.73. The number of hydrogen-bond donors (Lipinski definition) is 1. The average Bonchev–Trinajstić information content (AvgIpc) is 3.15. The molecule has 0 spiro atoms. The number of aromatic nitrogens is 1. The molecule has 0 saturated heterocycles. The Morgan fingerprint density at radius 1 is 1.12 bits per heavy atom. The molecule has 24 heavy (non-hydrogen) atoms. The maximum atomic E-state index is 12.2. The van der Waals surface area contributed by atoms with Gasteiger partial charge >= 0.3 is 6.36 Å². The van der Waals surface area contributed by atoms with Crippen LogP contribution in [0, 0.1) is 0 Å². The SMILES string of the molecule is NC(=O)c1conc1-c1ccc(-c2ccc(OC(F)(F)F)cc2)s1. The second-order valence-corrected chi connectivity index (χ2v) is 5.76. The lowest BCUT2D eigenvalue weighted by atomic mass is 10.2. The second-order valence-electron chi connectivity index (χ2n) is 4.68. The fraction of sp³-hybridized carbons (Fsp3) is 0.0667. The Bertz CT molecular complexity index is 869. The van der Waals surface area contributed by atoms with Gasteiger partial charge in [-0.15, -0.1) is 24.5 Å². The number of thiophene rings is 1. The molecule has 1 aromatic carbocycles. The van der Waals surface area contributed by atoms with Crippen molar-refractivity contribution in [2.75, 3.05) is 0 Å². The fourth-order valence-corrected chi connectivity index (χ4v) is 3.04. The standard InChI is InChI=1S/C15H9F3N2O3S/c16-15(17,18)23-9-3-1-8(2-4-9)11-5-6-12(24-11)13-10(14(19)21)7-22-20-13/h1-7H,(H2,19,21). The van der Waals surface area contributed by atoms with Crippen molar-refractivity contribution in [3.8, 4) is 26.8 Å². The molecule has 0 saturated carbocycles. The summed E-state index contributed by atoms with van der Waals surface area (Å²) in [6, 6.07) is 8.97. The number of alkyl halides is 3. The monoisotopic (exact) mass is 354 g/mol. The Morgan fingerprint density at radius 3 is 2.42 bits per heavy atom. The Hall–Kier alpha value is -2.81. The number of carbonyl (C=O) groups is 1. The molecule has 2 aromatic heterocycles. The van der Waals surface area contributed by atoms with E-state index in [-0.39, 0.29) is 11.3 Å². The van der Waals surface area contributed by atoms with Crippen LogP contribution in [0.5, 0.6) is 5.75 Å². The third-order valence-electron chi connectivity index (χ3n) is 3.05. The summed E-state index contributed by atoms with van der Waals surface area (Å²) in [5.74, 6) is -0.953. The van der Waals surface area contributed by atoms with Crippen LogP contribution in [-0.2, 0) is 0 Å². The van der Waals surface area contributed by atoms with Crippen LogP contribution in [0.2, 0.25) is 0 Å². The molecule has 0 atom stereocenters. The van der Waals surface area contributed by atoms with Gasteiger partial charge in [-0.25, -0.2) is 0 Å². The number of nitrogens with zero attached hydrogens (tertiary/aromatic N) is 1. The molecule has 0 aliphatic heterocycles. The van der Waals surface area contributed by atoms with Crippen molar-refractivity contribution in [3.05, 3.63) is 48.2 Å². The van der Waals surface area contributed by atoms with E-state index in [1.807, 2.05) is 0 Å². The van der Waals surface area contributed by atoms with Gasteiger partial charge in [0.15, 0.2) is 0 Å². The largest absolute Gasteiger partial charge is 0.573 e. The first-order chi connectivity index (χ1) is 11.3. The van der Waals surface area contributed by atoms with Crippen molar-refractivity contribution in [2.24, 2.45) is 5.73 Å². The van der Waals surface area contributed by atoms with E-state index in [1.54, 1.807) is 12.1 Å². The van der Waals surface area contributed by atoms with Crippen molar-refractivity contribution in [3.63, 3.8) is 0 Å². The van der Waals surface area contributed by atoms with Crippen LogP contribution in [0.25, 0.3) is 21.0 Å². The number of amides is 1. The number of carbonyl (C=O) groups excluding carboxylic acids is 1. The summed E-state index contributed by atoms with van der Waals surface area (Å²) in [5.41, 5.74) is 6.43. The third-order valence-corrected chi connectivity index (χ3v) is 4.19. The Balaban J connectivity index is 1.85.